The molecule has 0 radical (unpaired) electrons. The quantitative estimate of drug-likeness (QED) is 0.0942. The lowest BCUT2D eigenvalue weighted by Crippen LogP contribution is -2.55. The van der Waals surface area contributed by atoms with Crippen LogP contribution in [0.3, 0.4) is 0 Å². The first-order valence-corrected chi connectivity index (χ1v) is 16.5. The maximum absolute atomic E-state index is 13.2. The summed E-state index contributed by atoms with van der Waals surface area (Å²) in [7, 11) is 0. The van der Waals surface area contributed by atoms with Gasteiger partial charge < -0.3 is 40.6 Å². The molecule has 3 atom stereocenters. The normalized spacial score (nSPS) is 13.6. The lowest BCUT2D eigenvalue weighted by atomic mass is 9.97. The van der Waals surface area contributed by atoms with Gasteiger partial charge in [-0.15, -0.1) is 0 Å². The number of rotatable bonds is 16. The van der Waals surface area contributed by atoms with Crippen LogP contribution >= 0.6 is 0 Å². The molecule has 14 heteroatoms. The van der Waals surface area contributed by atoms with Crippen molar-refractivity contribution in [1.29, 1.82) is 0 Å². The number of ether oxygens (including phenoxy) is 3. The fourth-order valence-corrected chi connectivity index (χ4v) is 4.40. The minimum absolute atomic E-state index is 0.0785. The van der Waals surface area contributed by atoms with E-state index < -0.39 is 70.7 Å². The molecule has 5 N–H and O–H groups in total. The fourth-order valence-electron chi connectivity index (χ4n) is 4.40. The zero-order chi connectivity index (χ0) is 37.6. The van der Waals surface area contributed by atoms with Gasteiger partial charge in [-0.1, -0.05) is 31.2 Å². The molecular weight excluding hydrogens is 636 g/mol. The van der Waals surface area contributed by atoms with Gasteiger partial charge in [0.25, 0.3) is 0 Å². The molecule has 0 aliphatic carbocycles. The summed E-state index contributed by atoms with van der Waals surface area (Å²) in [4.78, 5) is 75.0. The molecule has 0 saturated heterocycles. The third-order valence-corrected chi connectivity index (χ3v) is 6.46. The molecule has 0 saturated carbocycles. The third-order valence-electron chi connectivity index (χ3n) is 6.46. The van der Waals surface area contributed by atoms with Crippen molar-refractivity contribution >= 4 is 35.9 Å². The van der Waals surface area contributed by atoms with Gasteiger partial charge in [0.1, 0.15) is 28.9 Å². The molecule has 4 amide bonds. The number of carboxylic acids is 1. The van der Waals surface area contributed by atoms with Crippen LogP contribution in [-0.4, -0.2) is 76.5 Å². The predicted molar refractivity (Wildman–Crippen MR) is 182 cm³/mol. The number of carbonyl (C=O) groups is 6. The topological polar surface area (TPSA) is 198 Å². The van der Waals surface area contributed by atoms with Crippen molar-refractivity contribution < 1.29 is 48.1 Å². The number of nitrogens with one attached hydrogen (secondary N) is 4. The van der Waals surface area contributed by atoms with E-state index in [0.717, 1.165) is 5.56 Å². The minimum atomic E-state index is -1.23. The lowest BCUT2D eigenvalue weighted by molar-refractivity contribution is -0.161. The molecule has 276 valence electrons. The maximum Gasteiger partial charge on any atom is 0.329 e. The van der Waals surface area contributed by atoms with Crippen molar-refractivity contribution in [3.8, 4) is 0 Å². The number of esters is 3. The van der Waals surface area contributed by atoms with E-state index in [1.807, 2.05) is 0 Å². The van der Waals surface area contributed by atoms with Crippen molar-refractivity contribution in [1.82, 2.24) is 21.3 Å². The highest BCUT2D eigenvalue weighted by molar-refractivity contribution is 5.88. The number of amides is 4. The second-order valence-corrected chi connectivity index (χ2v) is 15.0. The largest absolute Gasteiger partial charge is 0.481 e. The smallest absolute Gasteiger partial charge is 0.329 e. The first-order chi connectivity index (χ1) is 22.4. The van der Waals surface area contributed by atoms with E-state index in [9.17, 15) is 28.8 Å². The number of carboxylic acid groups (broad SMARTS) is 1. The van der Waals surface area contributed by atoms with Crippen LogP contribution in [0, 0.1) is 5.92 Å². The van der Waals surface area contributed by atoms with Crippen LogP contribution in [0.1, 0.15) is 106 Å². The number of hydrogen-bond acceptors (Lipinski definition) is 9. The Morgan fingerprint density at radius 1 is 0.694 bits per heavy atom. The van der Waals surface area contributed by atoms with E-state index in [1.165, 1.54) is 0 Å². The predicted octanol–water partition coefficient (Wildman–Crippen LogP) is 4.37. The van der Waals surface area contributed by atoms with Gasteiger partial charge in [-0.25, -0.2) is 19.2 Å². The Kier molecular flexibility index (Phi) is 16.5. The zero-order valence-electron chi connectivity index (χ0n) is 30.6. The second-order valence-electron chi connectivity index (χ2n) is 15.0. The average Bonchev–Trinajstić information content (AvgIpc) is 2.91. The van der Waals surface area contributed by atoms with Crippen LogP contribution in [0.4, 0.5) is 9.59 Å². The van der Waals surface area contributed by atoms with Gasteiger partial charge in [0.15, 0.2) is 0 Å². The number of hydrogen-bond donors (Lipinski definition) is 5. The SMILES string of the molecule is CC(CC(=O)OC(C)(C)C)[C@H](NC(=O)N[C@@H](CCCCNC(=O)NCc1ccc(CC(=O)O)cc1)C(=O)OC(C)(C)C)C(=O)OC(C)(C)C. The van der Waals surface area contributed by atoms with Crippen molar-refractivity contribution in [2.75, 3.05) is 6.54 Å². The van der Waals surface area contributed by atoms with E-state index in [1.54, 1.807) is 93.5 Å². The van der Waals surface area contributed by atoms with Crippen LogP contribution in [-0.2, 0) is 46.4 Å². The molecule has 1 aromatic carbocycles. The highest BCUT2D eigenvalue weighted by Crippen LogP contribution is 2.18. The second kappa shape index (κ2) is 19.0. The zero-order valence-corrected chi connectivity index (χ0v) is 30.6. The van der Waals surface area contributed by atoms with Gasteiger partial charge in [0.05, 0.1) is 12.8 Å². The molecule has 1 rings (SSSR count). The van der Waals surface area contributed by atoms with Crippen LogP contribution in [0.2, 0.25) is 0 Å². The first kappa shape index (κ1) is 42.7. The van der Waals surface area contributed by atoms with Crippen LogP contribution in [0.5, 0.6) is 0 Å². The highest BCUT2D eigenvalue weighted by Gasteiger charge is 2.35. The summed E-state index contributed by atoms with van der Waals surface area (Å²) < 4.78 is 16.4. The summed E-state index contributed by atoms with van der Waals surface area (Å²) in [5.41, 5.74) is -0.959. The number of unbranched alkanes of at least 4 members (excludes halogenated alkanes) is 1. The summed E-state index contributed by atoms with van der Waals surface area (Å²) in [6, 6.07) is 3.36. The average molecular weight is 693 g/mol. The minimum Gasteiger partial charge on any atom is -0.481 e. The molecular formula is C35H56N4O10. The van der Waals surface area contributed by atoms with Crippen molar-refractivity contribution in [2.45, 2.75) is 137 Å². The fraction of sp³-hybridized carbons (Fsp3) is 0.657. The third kappa shape index (κ3) is 19.9. The van der Waals surface area contributed by atoms with Crippen LogP contribution in [0.25, 0.3) is 0 Å². The molecule has 0 aliphatic rings. The van der Waals surface area contributed by atoms with E-state index in [-0.39, 0.29) is 25.8 Å². The maximum atomic E-state index is 13.2. The van der Waals surface area contributed by atoms with E-state index in [2.05, 4.69) is 21.3 Å². The summed E-state index contributed by atoms with van der Waals surface area (Å²) >= 11 is 0. The van der Waals surface area contributed by atoms with Gasteiger partial charge in [-0.05, 0) is 98.6 Å². The van der Waals surface area contributed by atoms with Gasteiger partial charge >= 0.3 is 35.9 Å². The standard InChI is InChI=1S/C35H56N4O10/c1-22(19-27(42)47-33(2,3)4)28(30(44)49-35(8,9)10)39-32(46)38-25(29(43)48-34(5,6)7)13-11-12-18-36-31(45)37-21-24-16-14-23(15-17-24)20-26(40)41/h14-17,22,25,28H,11-13,18-21H2,1-10H3,(H,40,41)(H2,36,37,45)(H2,38,39,46)/t22?,25-,28-/m0/s1. The molecule has 0 heterocycles. The molecule has 1 aromatic rings. The molecule has 0 bridgehead atoms. The highest BCUT2D eigenvalue weighted by atomic mass is 16.6. The van der Waals surface area contributed by atoms with E-state index in [4.69, 9.17) is 19.3 Å². The Bertz CT molecular complexity index is 1280. The van der Waals surface area contributed by atoms with Crippen LogP contribution < -0.4 is 21.3 Å². The van der Waals surface area contributed by atoms with Crippen molar-refractivity contribution in [3.63, 3.8) is 0 Å². The van der Waals surface area contributed by atoms with Gasteiger partial charge in [0, 0.05) is 13.1 Å². The van der Waals surface area contributed by atoms with E-state index in [0.29, 0.717) is 24.9 Å². The van der Waals surface area contributed by atoms with E-state index >= 15 is 0 Å². The van der Waals surface area contributed by atoms with Gasteiger partial charge in [-0.2, -0.15) is 0 Å². The molecule has 49 heavy (non-hydrogen) atoms. The Morgan fingerprint density at radius 3 is 1.76 bits per heavy atom. The Balaban J connectivity index is 2.81. The van der Waals surface area contributed by atoms with Gasteiger partial charge in [-0.3, -0.25) is 9.59 Å². The van der Waals surface area contributed by atoms with Crippen LogP contribution in [0.15, 0.2) is 24.3 Å². The first-order valence-electron chi connectivity index (χ1n) is 16.5. The summed E-state index contributed by atoms with van der Waals surface area (Å²) in [5, 5.41) is 19.5. The number of benzene rings is 1. The Labute approximate surface area is 289 Å². The molecule has 1 unspecified atom stereocenters. The molecule has 0 spiro atoms. The number of urea groups is 2. The number of carbonyl (C=O) groups excluding carboxylic acids is 5. The van der Waals surface area contributed by atoms with Gasteiger partial charge in [0.2, 0.25) is 0 Å². The molecule has 0 aliphatic heterocycles. The summed E-state index contributed by atoms with van der Waals surface area (Å²) in [6.45, 7) is 17.5. The monoisotopic (exact) mass is 692 g/mol. The summed E-state index contributed by atoms with van der Waals surface area (Å²) in [5.74, 6) is -3.58. The molecule has 0 fully saturated rings. The molecule has 0 aromatic heterocycles. The Morgan fingerprint density at radius 2 is 1.22 bits per heavy atom. The Hall–Kier alpha value is -4.36. The molecule has 14 nitrogen and oxygen atoms in total. The van der Waals surface area contributed by atoms with Crippen molar-refractivity contribution in [2.24, 2.45) is 5.92 Å². The number of aliphatic carboxylic acids is 1. The van der Waals surface area contributed by atoms with Crippen molar-refractivity contribution in [3.05, 3.63) is 35.4 Å². The summed E-state index contributed by atoms with van der Waals surface area (Å²) in [6.07, 6.45) is 0.841. The lowest BCUT2D eigenvalue weighted by Gasteiger charge is -2.29.